The van der Waals surface area contributed by atoms with Gasteiger partial charge < -0.3 is 24.7 Å². The van der Waals surface area contributed by atoms with Crippen molar-refractivity contribution in [2.24, 2.45) is 0 Å². The van der Waals surface area contributed by atoms with Crippen molar-refractivity contribution in [2.45, 2.75) is 51.8 Å². The average Bonchev–Trinajstić information content (AvgIpc) is 3.41. The first-order chi connectivity index (χ1) is 16.2. The fourth-order valence-electron chi connectivity index (χ4n) is 4.34. The zero-order chi connectivity index (χ0) is 24.5. The molecule has 1 aromatic carbocycles. The normalized spacial score (nSPS) is 18.4. The minimum Gasteiger partial charge on any atom is -0.464 e. The molecule has 4 rings (SSSR count). The summed E-state index contributed by atoms with van der Waals surface area (Å²) in [5, 5.41) is 0.752. The molecule has 0 unspecified atom stereocenters. The number of likely N-dealkylation sites (tertiary alicyclic amines) is 1. The number of aromatic nitrogens is 3. The van der Waals surface area contributed by atoms with Crippen LogP contribution in [-0.2, 0) is 19.1 Å². The third-order valence-electron chi connectivity index (χ3n) is 5.90. The summed E-state index contributed by atoms with van der Waals surface area (Å²) in [6, 6.07) is 8.98. The molecule has 3 heterocycles. The zero-order valence-electron chi connectivity index (χ0n) is 20.0. The van der Waals surface area contributed by atoms with Gasteiger partial charge in [-0.2, -0.15) is 0 Å². The predicted octanol–water partition coefficient (Wildman–Crippen LogP) is 3.20. The number of anilines is 1. The van der Waals surface area contributed by atoms with Crippen LogP contribution in [0.2, 0.25) is 0 Å². The van der Waals surface area contributed by atoms with Gasteiger partial charge in [-0.05, 0) is 33.3 Å². The summed E-state index contributed by atoms with van der Waals surface area (Å²) in [6.45, 7) is 7.88. The molecule has 0 aliphatic carbocycles. The van der Waals surface area contributed by atoms with Crippen LogP contribution in [-0.4, -0.2) is 62.7 Å². The van der Waals surface area contributed by atoms with E-state index in [4.69, 9.17) is 15.2 Å². The third-order valence-corrected chi connectivity index (χ3v) is 5.90. The van der Waals surface area contributed by atoms with Gasteiger partial charge in [-0.1, -0.05) is 30.3 Å². The van der Waals surface area contributed by atoms with Gasteiger partial charge >= 0.3 is 5.97 Å². The standard InChI is InChI=1S/C25H31N5O4/c1-5-33-24(32)19-11-17(12-30(19)20(31)14-34-25(2,3)4)29-13-18(16-9-7-6-8-10-16)21-22(26)27-15-28-23(21)29/h6-10,13,15,17,19H,5,11-12,14H2,1-4H3,(H2,26,27,28)/t17-,19+/m0/s1. The van der Waals surface area contributed by atoms with Crippen LogP contribution in [0, 0.1) is 0 Å². The molecular weight excluding hydrogens is 434 g/mol. The lowest BCUT2D eigenvalue weighted by Gasteiger charge is -2.25. The molecule has 2 N–H and O–H groups in total. The van der Waals surface area contributed by atoms with E-state index in [0.717, 1.165) is 16.5 Å². The SMILES string of the molecule is CCOC(=O)[C@H]1C[C@H](n2cc(-c3ccccc3)c3c(N)ncnc32)CN1C(=O)COC(C)(C)C. The number of benzene rings is 1. The summed E-state index contributed by atoms with van der Waals surface area (Å²) in [5.74, 6) is -0.276. The van der Waals surface area contributed by atoms with E-state index in [9.17, 15) is 9.59 Å². The van der Waals surface area contributed by atoms with Gasteiger partial charge in [-0.25, -0.2) is 14.8 Å². The quantitative estimate of drug-likeness (QED) is 0.556. The molecule has 9 nitrogen and oxygen atoms in total. The summed E-state index contributed by atoms with van der Waals surface area (Å²) in [4.78, 5) is 36.1. The Kier molecular flexibility index (Phi) is 6.56. The van der Waals surface area contributed by atoms with Gasteiger partial charge in [0.1, 0.15) is 30.4 Å². The average molecular weight is 466 g/mol. The molecule has 0 saturated carbocycles. The third kappa shape index (κ3) is 4.75. The van der Waals surface area contributed by atoms with Crippen LogP contribution >= 0.6 is 0 Å². The highest BCUT2D eigenvalue weighted by Gasteiger charge is 2.42. The van der Waals surface area contributed by atoms with Gasteiger partial charge in [-0.15, -0.1) is 0 Å². The molecule has 180 valence electrons. The first-order valence-corrected chi connectivity index (χ1v) is 11.5. The number of carbonyl (C=O) groups is 2. The van der Waals surface area contributed by atoms with Gasteiger partial charge in [0, 0.05) is 24.7 Å². The highest BCUT2D eigenvalue weighted by atomic mass is 16.5. The molecule has 1 aliphatic heterocycles. The smallest absolute Gasteiger partial charge is 0.328 e. The van der Waals surface area contributed by atoms with E-state index >= 15 is 0 Å². The summed E-state index contributed by atoms with van der Waals surface area (Å²) in [7, 11) is 0. The number of nitrogen functional groups attached to an aromatic ring is 1. The fourth-order valence-corrected chi connectivity index (χ4v) is 4.34. The largest absolute Gasteiger partial charge is 0.464 e. The number of esters is 1. The second kappa shape index (κ2) is 9.42. The molecule has 1 fully saturated rings. The Labute approximate surface area is 198 Å². The number of carbonyl (C=O) groups excluding carboxylic acids is 2. The number of hydrogen-bond acceptors (Lipinski definition) is 7. The number of rotatable bonds is 6. The van der Waals surface area contributed by atoms with Crippen LogP contribution < -0.4 is 5.73 Å². The van der Waals surface area contributed by atoms with Crippen molar-refractivity contribution in [2.75, 3.05) is 25.5 Å². The molecule has 0 radical (unpaired) electrons. The maximum Gasteiger partial charge on any atom is 0.328 e. The molecule has 3 aromatic rings. The van der Waals surface area contributed by atoms with Gasteiger partial charge in [0.15, 0.2) is 0 Å². The molecule has 1 saturated heterocycles. The van der Waals surface area contributed by atoms with E-state index in [1.54, 1.807) is 11.8 Å². The predicted molar refractivity (Wildman–Crippen MR) is 129 cm³/mol. The Hall–Kier alpha value is -3.46. The van der Waals surface area contributed by atoms with Crippen molar-refractivity contribution in [3.63, 3.8) is 0 Å². The second-order valence-corrected chi connectivity index (χ2v) is 9.38. The zero-order valence-corrected chi connectivity index (χ0v) is 20.0. The van der Waals surface area contributed by atoms with Gasteiger partial charge in [-0.3, -0.25) is 4.79 Å². The highest BCUT2D eigenvalue weighted by molar-refractivity contribution is 6.00. The van der Waals surface area contributed by atoms with E-state index in [2.05, 4.69) is 9.97 Å². The van der Waals surface area contributed by atoms with E-state index in [1.165, 1.54) is 6.33 Å². The van der Waals surface area contributed by atoms with Gasteiger partial charge in [0.05, 0.1) is 23.6 Å². The Morgan fingerprint density at radius 3 is 2.59 bits per heavy atom. The molecule has 1 amide bonds. The van der Waals surface area contributed by atoms with Crippen molar-refractivity contribution in [1.82, 2.24) is 19.4 Å². The van der Waals surface area contributed by atoms with Crippen LogP contribution in [0.25, 0.3) is 22.2 Å². The number of ether oxygens (including phenoxy) is 2. The fraction of sp³-hybridized carbons (Fsp3) is 0.440. The minimum atomic E-state index is -0.696. The number of nitrogens with zero attached hydrogens (tertiary/aromatic N) is 4. The number of amides is 1. The minimum absolute atomic E-state index is 0.108. The molecule has 34 heavy (non-hydrogen) atoms. The lowest BCUT2D eigenvalue weighted by molar-refractivity contribution is -0.155. The van der Waals surface area contributed by atoms with Crippen LogP contribution in [0.4, 0.5) is 5.82 Å². The maximum atomic E-state index is 13.1. The van der Waals surface area contributed by atoms with Crippen molar-refractivity contribution in [1.29, 1.82) is 0 Å². The Bertz CT molecular complexity index is 1190. The second-order valence-electron chi connectivity index (χ2n) is 9.38. The first-order valence-electron chi connectivity index (χ1n) is 11.5. The molecular formula is C25H31N5O4. The first kappa shape index (κ1) is 23.7. The number of nitrogens with two attached hydrogens (primary N) is 1. The van der Waals surface area contributed by atoms with Crippen molar-refractivity contribution in [3.05, 3.63) is 42.9 Å². The Morgan fingerprint density at radius 1 is 1.18 bits per heavy atom. The van der Waals surface area contributed by atoms with Crippen LogP contribution in [0.1, 0.15) is 40.2 Å². The molecule has 2 aromatic heterocycles. The summed E-state index contributed by atoms with van der Waals surface area (Å²) in [5.41, 5.74) is 8.35. The van der Waals surface area contributed by atoms with E-state index in [0.29, 0.717) is 24.4 Å². The van der Waals surface area contributed by atoms with Crippen molar-refractivity contribution < 1.29 is 19.1 Å². The highest BCUT2D eigenvalue weighted by Crippen LogP contribution is 2.37. The molecule has 0 bridgehead atoms. The molecule has 9 heteroatoms. The lowest BCUT2D eigenvalue weighted by atomic mass is 10.1. The number of fused-ring (bicyclic) bond motifs is 1. The van der Waals surface area contributed by atoms with Gasteiger partial charge in [0.25, 0.3) is 0 Å². The summed E-state index contributed by atoms with van der Waals surface area (Å²) >= 11 is 0. The monoisotopic (exact) mass is 465 g/mol. The Morgan fingerprint density at radius 2 is 1.91 bits per heavy atom. The topological polar surface area (TPSA) is 113 Å². The van der Waals surface area contributed by atoms with Crippen LogP contribution in [0.15, 0.2) is 42.9 Å². The van der Waals surface area contributed by atoms with Crippen LogP contribution in [0.5, 0.6) is 0 Å². The lowest BCUT2D eigenvalue weighted by Crippen LogP contribution is -2.44. The summed E-state index contributed by atoms with van der Waals surface area (Å²) in [6.07, 6.45) is 3.82. The Balaban J connectivity index is 1.71. The summed E-state index contributed by atoms with van der Waals surface area (Å²) < 4.78 is 13.0. The van der Waals surface area contributed by atoms with Crippen molar-refractivity contribution >= 4 is 28.7 Å². The van der Waals surface area contributed by atoms with Gasteiger partial charge in [0.2, 0.25) is 5.91 Å². The van der Waals surface area contributed by atoms with Crippen LogP contribution in [0.3, 0.4) is 0 Å². The molecule has 2 atom stereocenters. The molecule has 1 aliphatic rings. The van der Waals surface area contributed by atoms with E-state index in [-0.39, 0.29) is 25.2 Å². The molecule has 0 spiro atoms. The maximum absolute atomic E-state index is 13.1. The van der Waals surface area contributed by atoms with E-state index in [1.807, 2.05) is 61.9 Å². The van der Waals surface area contributed by atoms with E-state index < -0.39 is 17.6 Å². The van der Waals surface area contributed by atoms with Crippen molar-refractivity contribution in [3.8, 4) is 11.1 Å². The number of hydrogen-bond donors (Lipinski definition) is 1.